The highest BCUT2D eigenvalue weighted by molar-refractivity contribution is 5.67. The smallest absolute Gasteiger partial charge is 0.416 e. The second-order valence-corrected chi connectivity index (χ2v) is 5.67. The van der Waals surface area contributed by atoms with E-state index in [4.69, 9.17) is 10.8 Å². The number of carboxylic acid groups (broad SMARTS) is 1. The normalized spacial score (nSPS) is 26.6. The average Bonchev–Trinajstić information content (AvgIpc) is 2.39. The van der Waals surface area contributed by atoms with E-state index in [-0.39, 0.29) is 24.3 Å². The van der Waals surface area contributed by atoms with Crippen LogP contribution in [0.2, 0.25) is 0 Å². The van der Waals surface area contributed by atoms with E-state index in [2.05, 4.69) is 0 Å². The van der Waals surface area contributed by atoms with Crippen molar-refractivity contribution >= 4 is 5.97 Å². The van der Waals surface area contributed by atoms with Crippen molar-refractivity contribution in [2.75, 3.05) is 0 Å². The van der Waals surface area contributed by atoms with E-state index >= 15 is 0 Å². The maximum Gasteiger partial charge on any atom is 0.416 e. The van der Waals surface area contributed by atoms with Gasteiger partial charge < -0.3 is 10.8 Å². The summed E-state index contributed by atoms with van der Waals surface area (Å²) in [5, 5.41) is 8.86. The Morgan fingerprint density at radius 3 is 2.38 bits per heavy atom. The summed E-state index contributed by atoms with van der Waals surface area (Å²) < 4.78 is 37.7. The van der Waals surface area contributed by atoms with E-state index in [1.807, 2.05) is 0 Å². The van der Waals surface area contributed by atoms with Crippen LogP contribution in [0.5, 0.6) is 0 Å². The molecule has 0 amide bonds. The molecule has 3 N–H and O–H groups in total. The molecule has 21 heavy (non-hydrogen) atoms. The third-order valence-corrected chi connectivity index (χ3v) is 4.14. The lowest BCUT2D eigenvalue weighted by molar-refractivity contribution is -0.139. The van der Waals surface area contributed by atoms with Gasteiger partial charge in [-0.3, -0.25) is 4.79 Å². The second-order valence-electron chi connectivity index (χ2n) is 5.67. The fraction of sp³-hybridized carbons (Fsp3) is 0.533. The molecule has 116 valence electrons. The van der Waals surface area contributed by atoms with Crippen LogP contribution < -0.4 is 5.73 Å². The van der Waals surface area contributed by atoms with Gasteiger partial charge in [0.2, 0.25) is 0 Å². The molecular weight excluding hydrogens is 283 g/mol. The van der Waals surface area contributed by atoms with Crippen LogP contribution in [0.15, 0.2) is 24.3 Å². The third kappa shape index (κ3) is 3.97. The van der Waals surface area contributed by atoms with Gasteiger partial charge in [0.15, 0.2) is 0 Å². The first kappa shape index (κ1) is 15.8. The molecule has 3 nitrogen and oxygen atoms in total. The van der Waals surface area contributed by atoms with Crippen molar-refractivity contribution in [1.82, 2.24) is 0 Å². The molecule has 6 heteroatoms. The Bertz CT molecular complexity index is 499. The van der Waals surface area contributed by atoms with Crippen LogP contribution in [0.25, 0.3) is 0 Å². The van der Waals surface area contributed by atoms with Crippen LogP contribution >= 0.6 is 0 Å². The highest BCUT2D eigenvalue weighted by Crippen LogP contribution is 2.38. The monoisotopic (exact) mass is 301 g/mol. The summed E-state index contributed by atoms with van der Waals surface area (Å²) in [6.07, 6.45) is -2.20. The lowest BCUT2D eigenvalue weighted by Gasteiger charge is -2.34. The minimum absolute atomic E-state index is 0.0367. The van der Waals surface area contributed by atoms with Crippen LogP contribution in [0, 0.1) is 5.92 Å². The van der Waals surface area contributed by atoms with Crippen molar-refractivity contribution in [2.24, 2.45) is 11.7 Å². The molecule has 0 bridgehead atoms. The second kappa shape index (κ2) is 6.05. The fourth-order valence-electron chi connectivity index (χ4n) is 3.02. The van der Waals surface area contributed by atoms with Crippen LogP contribution in [0.3, 0.4) is 0 Å². The molecule has 0 heterocycles. The summed E-state index contributed by atoms with van der Waals surface area (Å²) in [5.74, 6) is -0.887. The zero-order chi connectivity index (χ0) is 15.6. The number of hydrogen-bond donors (Lipinski definition) is 2. The Morgan fingerprint density at radius 2 is 1.86 bits per heavy atom. The molecule has 1 aliphatic rings. The summed E-state index contributed by atoms with van der Waals surface area (Å²) in [5.41, 5.74) is 6.13. The van der Waals surface area contributed by atoms with Gasteiger partial charge in [0.25, 0.3) is 0 Å². The minimum Gasteiger partial charge on any atom is -0.481 e. The highest BCUT2D eigenvalue weighted by Gasteiger charge is 2.33. The van der Waals surface area contributed by atoms with E-state index in [0.717, 1.165) is 24.1 Å². The first-order chi connectivity index (χ1) is 9.77. The number of benzene rings is 1. The first-order valence-corrected chi connectivity index (χ1v) is 6.92. The number of aliphatic carboxylic acids is 1. The van der Waals surface area contributed by atoms with E-state index in [0.29, 0.717) is 12.8 Å². The van der Waals surface area contributed by atoms with E-state index in [9.17, 15) is 18.0 Å². The maximum absolute atomic E-state index is 12.6. The zero-order valence-electron chi connectivity index (χ0n) is 11.4. The molecule has 3 atom stereocenters. The Balaban J connectivity index is 2.13. The maximum atomic E-state index is 12.6. The molecular formula is C15H18F3NO2. The lowest BCUT2D eigenvalue weighted by atomic mass is 9.74. The third-order valence-electron chi connectivity index (χ3n) is 4.14. The molecule has 2 rings (SSSR count). The van der Waals surface area contributed by atoms with Crippen molar-refractivity contribution in [1.29, 1.82) is 0 Å². The van der Waals surface area contributed by atoms with Gasteiger partial charge in [-0.15, -0.1) is 0 Å². The van der Waals surface area contributed by atoms with E-state index < -0.39 is 17.7 Å². The van der Waals surface area contributed by atoms with Gasteiger partial charge >= 0.3 is 12.1 Å². The molecule has 0 saturated heterocycles. The highest BCUT2D eigenvalue weighted by atomic mass is 19.4. The Hall–Kier alpha value is -1.56. The van der Waals surface area contributed by atoms with Crippen LogP contribution in [-0.2, 0) is 11.0 Å². The summed E-state index contributed by atoms with van der Waals surface area (Å²) in [6, 6.07) is 4.89. The number of carboxylic acids is 1. The van der Waals surface area contributed by atoms with E-state index in [1.165, 1.54) is 12.1 Å². The summed E-state index contributed by atoms with van der Waals surface area (Å²) >= 11 is 0. The largest absolute Gasteiger partial charge is 0.481 e. The van der Waals surface area contributed by atoms with Crippen molar-refractivity contribution in [3.63, 3.8) is 0 Å². The standard InChI is InChI=1S/C15H18F3NO2/c16-15(17,18)11-4-2-10(3-5-11)12-7-9(8-14(20)21)1-6-13(12)19/h2-5,9,12-13H,1,6-8,19H2,(H,20,21). The number of halogens is 3. The number of hydrogen-bond acceptors (Lipinski definition) is 2. The summed E-state index contributed by atoms with van der Waals surface area (Å²) in [6.45, 7) is 0. The minimum atomic E-state index is -4.35. The first-order valence-electron chi connectivity index (χ1n) is 6.92. The van der Waals surface area contributed by atoms with Gasteiger partial charge in [0.1, 0.15) is 0 Å². The van der Waals surface area contributed by atoms with E-state index in [1.54, 1.807) is 0 Å². The topological polar surface area (TPSA) is 63.3 Å². The molecule has 3 unspecified atom stereocenters. The molecule has 0 aromatic heterocycles. The average molecular weight is 301 g/mol. The van der Waals surface area contributed by atoms with Gasteiger partial charge in [-0.2, -0.15) is 13.2 Å². The fourth-order valence-corrected chi connectivity index (χ4v) is 3.02. The zero-order valence-corrected chi connectivity index (χ0v) is 11.4. The quantitative estimate of drug-likeness (QED) is 0.899. The van der Waals surface area contributed by atoms with Crippen LogP contribution in [0.1, 0.15) is 42.7 Å². The van der Waals surface area contributed by atoms with Gasteiger partial charge in [0.05, 0.1) is 5.56 Å². The van der Waals surface area contributed by atoms with Crippen molar-refractivity contribution < 1.29 is 23.1 Å². The Labute approximate surface area is 121 Å². The van der Waals surface area contributed by atoms with Gasteiger partial charge in [-0.05, 0) is 48.8 Å². The van der Waals surface area contributed by atoms with Gasteiger partial charge in [-0.25, -0.2) is 0 Å². The molecule has 1 fully saturated rings. The Kier molecular flexibility index (Phi) is 4.56. The molecule has 0 spiro atoms. The predicted molar refractivity (Wildman–Crippen MR) is 71.8 cm³/mol. The SMILES string of the molecule is NC1CCC(CC(=O)O)CC1c1ccc(C(F)(F)F)cc1. The van der Waals surface area contributed by atoms with Crippen molar-refractivity contribution in [3.8, 4) is 0 Å². The molecule has 0 aliphatic heterocycles. The van der Waals surface area contributed by atoms with Crippen molar-refractivity contribution in [3.05, 3.63) is 35.4 Å². The van der Waals surface area contributed by atoms with Gasteiger partial charge in [-0.1, -0.05) is 12.1 Å². The van der Waals surface area contributed by atoms with Crippen LogP contribution in [0.4, 0.5) is 13.2 Å². The van der Waals surface area contributed by atoms with Crippen LogP contribution in [-0.4, -0.2) is 17.1 Å². The molecule has 1 aromatic rings. The molecule has 1 aromatic carbocycles. The molecule has 0 radical (unpaired) electrons. The molecule has 1 saturated carbocycles. The molecule has 1 aliphatic carbocycles. The lowest BCUT2D eigenvalue weighted by Crippen LogP contribution is -2.35. The predicted octanol–water partition coefficient (Wildman–Crippen LogP) is 3.39. The summed E-state index contributed by atoms with van der Waals surface area (Å²) in [7, 11) is 0. The number of carbonyl (C=O) groups is 1. The van der Waals surface area contributed by atoms with Gasteiger partial charge in [0, 0.05) is 12.5 Å². The number of rotatable bonds is 3. The Morgan fingerprint density at radius 1 is 1.24 bits per heavy atom. The number of alkyl halides is 3. The summed E-state index contributed by atoms with van der Waals surface area (Å²) in [4.78, 5) is 10.8. The van der Waals surface area contributed by atoms with Crippen molar-refractivity contribution in [2.45, 2.75) is 43.8 Å². The number of nitrogens with two attached hydrogens (primary N) is 1.